The van der Waals surface area contributed by atoms with E-state index in [-0.39, 0.29) is 29.3 Å². The van der Waals surface area contributed by atoms with Crippen molar-refractivity contribution in [3.05, 3.63) is 132 Å². The number of anilines is 1. The first-order valence-electron chi connectivity index (χ1n) is 16.3. The van der Waals surface area contributed by atoms with E-state index < -0.39 is 11.9 Å². The van der Waals surface area contributed by atoms with E-state index in [4.69, 9.17) is 9.47 Å². The number of aryl methyl sites for hydroxylation is 1. The first-order valence-corrected chi connectivity index (χ1v) is 16.3. The molecule has 3 N–H and O–H groups in total. The zero-order chi connectivity index (χ0) is 33.9. The Balaban J connectivity index is 0.918. The highest BCUT2D eigenvalue weighted by atomic mass is 16.5. The molecular weight excluding hydrogens is 618 g/mol. The molecule has 6 aromatic rings. The molecule has 0 unspecified atom stereocenters. The second-order valence-corrected chi connectivity index (χ2v) is 12.3. The summed E-state index contributed by atoms with van der Waals surface area (Å²) >= 11 is 0. The van der Waals surface area contributed by atoms with Gasteiger partial charge in [0.1, 0.15) is 22.9 Å². The van der Waals surface area contributed by atoms with Crippen LogP contribution < -0.4 is 20.1 Å². The molecule has 0 radical (unpaired) electrons. The minimum Gasteiger partial charge on any atom is -0.490 e. The van der Waals surface area contributed by atoms with Crippen molar-refractivity contribution in [3.8, 4) is 17.2 Å². The summed E-state index contributed by atoms with van der Waals surface area (Å²) in [6.07, 6.45) is 3.53. The molecule has 1 aliphatic carbocycles. The third kappa shape index (κ3) is 6.96. The van der Waals surface area contributed by atoms with Crippen LogP contribution in [0.5, 0.6) is 17.2 Å². The van der Waals surface area contributed by atoms with E-state index in [1.54, 1.807) is 42.5 Å². The number of para-hydroxylation sites is 2. The minimum absolute atomic E-state index is 0.0217. The van der Waals surface area contributed by atoms with E-state index in [0.717, 1.165) is 53.1 Å². The summed E-state index contributed by atoms with van der Waals surface area (Å²) in [5.74, 6) is 0.452. The first-order chi connectivity index (χ1) is 23.8. The minimum atomic E-state index is -1.11. The van der Waals surface area contributed by atoms with Crippen LogP contribution in [0.2, 0.25) is 0 Å². The number of carbonyl (C=O) groups is 3. The molecule has 9 nitrogen and oxygen atoms in total. The van der Waals surface area contributed by atoms with Crippen LogP contribution >= 0.6 is 0 Å². The predicted molar refractivity (Wildman–Crippen MR) is 189 cm³/mol. The maximum absolute atomic E-state index is 13.0. The number of carbonyl (C=O) groups excluding carboxylic acids is 2. The van der Waals surface area contributed by atoms with Gasteiger partial charge < -0.3 is 29.8 Å². The molecule has 1 aromatic heterocycles. The highest BCUT2D eigenvalue weighted by Crippen LogP contribution is 2.31. The average molecular weight is 654 g/mol. The number of carboxylic acids is 1. The fourth-order valence-corrected chi connectivity index (χ4v) is 6.41. The van der Waals surface area contributed by atoms with E-state index >= 15 is 0 Å². The van der Waals surface area contributed by atoms with Gasteiger partial charge in [0.25, 0.3) is 11.8 Å². The largest absolute Gasteiger partial charge is 0.490 e. The fraction of sp³-hybridized carbons (Fsp3) is 0.175. The Morgan fingerprint density at radius 1 is 0.694 bits per heavy atom. The van der Waals surface area contributed by atoms with Crippen LogP contribution in [0.25, 0.3) is 21.7 Å². The van der Waals surface area contributed by atoms with Gasteiger partial charge in [0, 0.05) is 29.6 Å². The number of benzene rings is 5. The molecule has 1 heterocycles. The van der Waals surface area contributed by atoms with Gasteiger partial charge in [0.15, 0.2) is 0 Å². The summed E-state index contributed by atoms with van der Waals surface area (Å²) in [6, 6.07) is 34.8. The van der Waals surface area contributed by atoms with Crippen molar-refractivity contribution >= 4 is 45.1 Å². The van der Waals surface area contributed by atoms with Crippen molar-refractivity contribution in [2.45, 2.75) is 37.8 Å². The van der Waals surface area contributed by atoms with Crippen molar-refractivity contribution in [1.82, 2.24) is 9.88 Å². The van der Waals surface area contributed by atoms with Gasteiger partial charge in [-0.25, -0.2) is 4.79 Å². The Kier molecular flexibility index (Phi) is 8.72. The highest BCUT2D eigenvalue weighted by molar-refractivity contribution is 6.07. The van der Waals surface area contributed by atoms with Gasteiger partial charge in [-0.3, -0.25) is 9.59 Å². The van der Waals surface area contributed by atoms with Crippen molar-refractivity contribution in [1.29, 1.82) is 0 Å². The summed E-state index contributed by atoms with van der Waals surface area (Å²) in [5.41, 5.74) is 2.34. The Hall–Kier alpha value is -6.09. The molecule has 9 heteroatoms. The highest BCUT2D eigenvalue weighted by Gasteiger charge is 2.25. The molecule has 1 fully saturated rings. The molecule has 5 aromatic carbocycles. The van der Waals surface area contributed by atoms with E-state index in [1.165, 1.54) is 6.07 Å². The number of aromatic nitrogens is 1. The Morgan fingerprint density at radius 3 is 2.08 bits per heavy atom. The molecule has 246 valence electrons. The van der Waals surface area contributed by atoms with Crippen LogP contribution in [0.4, 0.5) is 5.69 Å². The van der Waals surface area contributed by atoms with E-state index in [1.807, 2.05) is 78.3 Å². The quantitative estimate of drug-likeness (QED) is 0.145. The molecule has 49 heavy (non-hydrogen) atoms. The zero-order valence-electron chi connectivity index (χ0n) is 26.9. The van der Waals surface area contributed by atoms with Gasteiger partial charge >= 0.3 is 5.97 Å². The summed E-state index contributed by atoms with van der Waals surface area (Å²) in [7, 11) is 1.93. The third-order valence-corrected chi connectivity index (χ3v) is 9.04. The van der Waals surface area contributed by atoms with Gasteiger partial charge in [-0.15, -0.1) is 0 Å². The molecule has 1 aliphatic rings. The van der Waals surface area contributed by atoms with Crippen LogP contribution in [0.15, 0.2) is 115 Å². The van der Waals surface area contributed by atoms with Gasteiger partial charge in [-0.1, -0.05) is 42.5 Å². The Bertz CT molecular complexity index is 2180. The number of carboxylic acid groups (broad SMARTS) is 1. The SMILES string of the molecule is Cn1c(C(=O)NC2CCC(Oc3ccc4cc(Oc5ccc(C(=O)Nc6ccccc6C(=O)O)cc5)ccc4c3)CC2)cc2ccccc21. The second-order valence-electron chi connectivity index (χ2n) is 12.3. The molecule has 1 saturated carbocycles. The van der Waals surface area contributed by atoms with Crippen LogP contribution in [0.3, 0.4) is 0 Å². The summed E-state index contributed by atoms with van der Waals surface area (Å²) in [5, 5.41) is 18.3. The topological polar surface area (TPSA) is 119 Å². The van der Waals surface area contributed by atoms with Crippen LogP contribution in [0.1, 0.15) is 56.9 Å². The number of amides is 2. The van der Waals surface area contributed by atoms with Gasteiger partial charge in [-0.05, 0) is 109 Å². The molecule has 0 atom stereocenters. The number of nitrogens with one attached hydrogen (secondary N) is 2. The van der Waals surface area contributed by atoms with Crippen LogP contribution in [-0.4, -0.2) is 39.6 Å². The van der Waals surface area contributed by atoms with Gasteiger partial charge in [0.05, 0.1) is 17.4 Å². The standard InChI is InChI=1S/C40H35N3O6/c1-43-36-9-5-2-6-28(36)24-37(43)39(45)41-29-14-20-31(21-15-29)49-33-19-13-26-22-32(18-12-27(26)23-33)48-30-16-10-25(11-17-30)38(44)42-35-8-4-3-7-34(35)40(46)47/h2-13,16-19,22-24,29,31H,14-15,20-21H2,1H3,(H,41,45)(H,42,44)(H,46,47). The molecule has 0 bridgehead atoms. The molecule has 0 spiro atoms. The predicted octanol–water partition coefficient (Wildman–Crippen LogP) is 8.19. The number of hydrogen-bond donors (Lipinski definition) is 3. The van der Waals surface area contributed by atoms with Crippen molar-refractivity contribution in [3.63, 3.8) is 0 Å². The molecule has 2 amide bonds. The van der Waals surface area contributed by atoms with Crippen LogP contribution in [-0.2, 0) is 7.05 Å². The lowest BCUT2D eigenvalue weighted by atomic mass is 9.92. The fourth-order valence-electron chi connectivity index (χ4n) is 6.41. The zero-order valence-corrected chi connectivity index (χ0v) is 26.9. The third-order valence-electron chi connectivity index (χ3n) is 9.04. The maximum Gasteiger partial charge on any atom is 0.337 e. The Morgan fingerprint density at radius 2 is 1.35 bits per heavy atom. The lowest BCUT2D eigenvalue weighted by Gasteiger charge is -2.29. The molecule has 0 saturated heterocycles. The molecule has 7 rings (SSSR count). The first kappa shape index (κ1) is 31.5. The maximum atomic E-state index is 13.0. The normalized spacial score (nSPS) is 15.9. The lowest BCUT2D eigenvalue weighted by Crippen LogP contribution is -2.40. The number of rotatable bonds is 9. The molecular formula is C40H35N3O6. The number of aromatic carboxylic acids is 1. The smallest absolute Gasteiger partial charge is 0.337 e. The average Bonchev–Trinajstić information content (AvgIpc) is 3.46. The van der Waals surface area contributed by atoms with E-state index in [9.17, 15) is 19.5 Å². The summed E-state index contributed by atoms with van der Waals surface area (Å²) in [4.78, 5) is 37.2. The lowest BCUT2D eigenvalue weighted by molar-refractivity contribution is 0.0697. The molecule has 0 aliphatic heterocycles. The number of nitrogens with zero attached hydrogens (tertiary/aromatic N) is 1. The van der Waals surface area contributed by atoms with E-state index in [0.29, 0.717) is 22.8 Å². The summed E-state index contributed by atoms with van der Waals surface area (Å²) in [6.45, 7) is 0. The van der Waals surface area contributed by atoms with Crippen molar-refractivity contribution in [2.24, 2.45) is 7.05 Å². The number of hydrogen-bond acceptors (Lipinski definition) is 5. The number of fused-ring (bicyclic) bond motifs is 2. The van der Waals surface area contributed by atoms with Gasteiger partial charge in [-0.2, -0.15) is 0 Å². The summed E-state index contributed by atoms with van der Waals surface area (Å²) < 4.78 is 14.4. The van der Waals surface area contributed by atoms with Crippen molar-refractivity contribution in [2.75, 3.05) is 5.32 Å². The second kappa shape index (κ2) is 13.6. The monoisotopic (exact) mass is 653 g/mol. The van der Waals surface area contributed by atoms with Gasteiger partial charge in [0.2, 0.25) is 0 Å². The Labute approximate surface area is 283 Å². The van der Waals surface area contributed by atoms with Crippen molar-refractivity contribution < 1.29 is 29.0 Å². The van der Waals surface area contributed by atoms with E-state index in [2.05, 4.69) is 10.6 Å². The van der Waals surface area contributed by atoms with Crippen LogP contribution in [0, 0.1) is 0 Å². The number of ether oxygens (including phenoxy) is 2.